The van der Waals surface area contributed by atoms with Crippen LogP contribution in [0.5, 0.6) is 0 Å². The summed E-state index contributed by atoms with van der Waals surface area (Å²) in [7, 11) is 0. The number of hydrogen-bond donors (Lipinski definition) is 1. The monoisotopic (exact) mass is 250 g/mol. The number of para-hydroxylation sites is 1. The Kier molecular flexibility index (Phi) is 2.60. The summed E-state index contributed by atoms with van der Waals surface area (Å²) in [6.45, 7) is 4.19. The van der Waals surface area contributed by atoms with Crippen LogP contribution in [0, 0.1) is 0 Å². The number of oxazole rings is 1. The van der Waals surface area contributed by atoms with Crippen LogP contribution in [0.4, 0.5) is 0 Å². The predicted octanol–water partition coefficient (Wildman–Crippen LogP) is 3.12. The number of fused-ring (bicyclic) bond motifs is 1. The van der Waals surface area contributed by atoms with E-state index in [2.05, 4.69) is 17.2 Å². The van der Waals surface area contributed by atoms with Crippen molar-refractivity contribution in [2.75, 3.05) is 13.1 Å². The molecule has 1 aromatic carbocycles. The molecule has 1 atom stereocenters. The van der Waals surface area contributed by atoms with Gasteiger partial charge < -0.3 is 9.73 Å². The van der Waals surface area contributed by atoms with E-state index in [1.165, 1.54) is 0 Å². The third kappa shape index (κ3) is 1.83. The Hall–Kier alpha value is -1.06. The fraction of sp³-hybridized carbons (Fsp3) is 0.462. The zero-order valence-electron chi connectivity index (χ0n) is 9.79. The van der Waals surface area contributed by atoms with E-state index in [0.717, 1.165) is 37.3 Å². The van der Waals surface area contributed by atoms with Crippen molar-refractivity contribution >= 4 is 22.7 Å². The standard InChI is InChI=1S/C13H15ClN2O/c1-13(6-3-7-15-8-13)12-16-10-5-2-4-9(14)11(10)17-12/h2,4-5,15H,3,6-8H2,1H3. The summed E-state index contributed by atoms with van der Waals surface area (Å²) in [5, 5.41) is 4.03. The van der Waals surface area contributed by atoms with Gasteiger partial charge in [0, 0.05) is 6.54 Å². The molecule has 1 aliphatic heterocycles. The summed E-state index contributed by atoms with van der Waals surface area (Å²) in [6, 6.07) is 5.67. The average Bonchev–Trinajstić information content (AvgIpc) is 2.76. The smallest absolute Gasteiger partial charge is 0.202 e. The first-order valence-electron chi connectivity index (χ1n) is 5.95. The van der Waals surface area contributed by atoms with E-state index in [1.807, 2.05) is 18.2 Å². The third-order valence-corrected chi connectivity index (χ3v) is 3.78. The molecule has 0 spiro atoms. The fourth-order valence-corrected chi connectivity index (χ4v) is 2.62. The SMILES string of the molecule is CC1(c2nc3cccc(Cl)c3o2)CCCNC1. The minimum absolute atomic E-state index is 0.0133. The van der Waals surface area contributed by atoms with E-state index in [9.17, 15) is 0 Å². The molecule has 1 saturated heterocycles. The van der Waals surface area contributed by atoms with Gasteiger partial charge in [-0.25, -0.2) is 4.98 Å². The highest BCUT2D eigenvalue weighted by atomic mass is 35.5. The van der Waals surface area contributed by atoms with Gasteiger partial charge in [-0.15, -0.1) is 0 Å². The van der Waals surface area contributed by atoms with E-state index in [0.29, 0.717) is 10.6 Å². The number of rotatable bonds is 1. The second-order valence-electron chi connectivity index (χ2n) is 4.95. The van der Waals surface area contributed by atoms with Crippen LogP contribution in [0.1, 0.15) is 25.7 Å². The zero-order valence-corrected chi connectivity index (χ0v) is 10.5. The van der Waals surface area contributed by atoms with E-state index >= 15 is 0 Å². The number of nitrogens with zero attached hydrogens (tertiary/aromatic N) is 1. The highest BCUT2D eigenvalue weighted by Crippen LogP contribution is 2.34. The van der Waals surface area contributed by atoms with Crippen LogP contribution in [-0.2, 0) is 5.41 Å². The first-order valence-corrected chi connectivity index (χ1v) is 6.33. The topological polar surface area (TPSA) is 38.1 Å². The number of nitrogens with one attached hydrogen (secondary N) is 1. The van der Waals surface area contributed by atoms with Crippen molar-refractivity contribution in [3.8, 4) is 0 Å². The van der Waals surface area contributed by atoms with Crippen molar-refractivity contribution in [2.24, 2.45) is 0 Å². The van der Waals surface area contributed by atoms with Gasteiger partial charge >= 0.3 is 0 Å². The molecule has 1 N–H and O–H groups in total. The van der Waals surface area contributed by atoms with Crippen molar-refractivity contribution in [2.45, 2.75) is 25.2 Å². The lowest BCUT2D eigenvalue weighted by Gasteiger charge is -2.30. The Morgan fingerprint density at radius 2 is 2.35 bits per heavy atom. The number of aromatic nitrogens is 1. The quantitative estimate of drug-likeness (QED) is 0.845. The van der Waals surface area contributed by atoms with Crippen LogP contribution in [0.25, 0.3) is 11.1 Å². The van der Waals surface area contributed by atoms with E-state index < -0.39 is 0 Å². The summed E-state index contributed by atoms with van der Waals surface area (Å²) >= 11 is 6.11. The number of halogens is 1. The van der Waals surface area contributed by atoms with Gasteiger partial charge in [-0.2, -0.15) is 0 Å². The lowest BCUT2D eigenvalue weighted by Crippen LogP contribution is -2.41. The van der Waals surface area contributed by atoms with Crippen molar-refractivity contribution in [3.05, 3.63) is 29.1 Å². The fourth-order valence-electron chi connectivity index (χ4n) is 2.41. The van der Waals surface area contributed by atoms with Gasteiger partial charge in [-0.1, -0.05) is 17.7 Å². The summed E-state index contributed by atoms with van der Waals surface area (Å²) < 4.78 is 5.86. The second-order valence-corrected chi connectivity index (χ2v) is 5.36. The van der Waals surface area contributed by atoms with Gasteiger partial charge in [-0.3, -0.25) is 0 Å². The minimum atomic E-state index is -0.0133. The van der Waals surface area contributed by atoms with E-state index in [-0.39, 0.29) is 5.41 Å². The van der Waals surface area contributed by atoms with Crippen LogP contribution >= 0.6 is 11.6 Å². The van der Waals surface area contributed by atoms with Gasteiger partial charge in [0.2, 0.25) is 5.89 Å². The summed E-state index contributed by atoms with van der Waals surface area (Å²) in [4.78, 5) is 4.58. The molecule has 0 bridgehead atoms. The minimum Gasteiger partial charge on any atom is -0.438 e. The van der Waals surface area contributed by atoms with Crippen LogP contribution in [-0.4, -0.2) is 18.1 Å². The van der Waals surface area contributed by atoms with Gasteiger partial charge in [-0.05, 0) is 38.4 Å². The number of piperidine rings is 1. The molecule has 3 rings (SSSR count). The number of benzene rings is 1. The van der Waals surface area contributed by atoms with Crippen molar-refractivity contribution in [3.63, 3.8) is 0 Å². The highest BCUT2D eigenvalue weighted by molar-refractivity contribution is 6.34. The van der Waals surface area contributed by atoms with Gasteiger partial charge in [0.15, 0.2) is 5.58 Å². The molecule has 90 valence electrons. The number of hydrogen-bond acceptors (Lipinski definition) is 3. The van der Waals surface area contributed by atoms with Gasteiger partial charge in [0.25, 0.3) is 0 Å². The first-order chi connectivity index (χ1) is 8.19. The Balaban J connectivity index is 2.08. The molecule has 3 nitrogen and oxygen atoms in total. The molecule has 1 unspecified atom stereocenters. The highest BCUT2D eigenvalue weighted by Gasteiger charge is 2.33. The maximum absolute atomic E-state index is 6.11. The molecule has 0 saturated carbocycles. The molecular weight excluding hydrogens is 236 g/mol. The normalized spacial score (nSPS) is 25.3. The molecule has 1 fully saturated rings. The Morgan fingerprint density at radius 1 is 1.47 bits per heavy atom. The average molecular weight is 251 g/mol. The zero-order chi connectivity index (χ0) is 11.9. The van der Waals surface area contributed by atoms with Crippen LogP contribution in [0.3, 0.4) is 0 Å². The maximum atomic E-state index is 6.11. The molecule has 0 radical (unpaired) electrons. The lowest BCUT2D eigenvalue weighted by atomic mass is 9.83. The summed E-state index contributed by atoms with van der Waals surface area (Å²) in [6.07, 6.45) is 2.26. The first kappa shape index (κ1) is 11.1. The Bertz CT molecular complexity index is 543. The van der Waals surface area contributed by atoms with E-state index in [4.69, 9.17) is 16.0 Å². The van der Waals surface area contributed by atoms with Crippen molar-refractivity contribution < 1.29 is 4.42 Å². The largest absolute Gasteiger partial charge is 0.438 e. The second kappa shape index (κ2) is 4.00. The molecular formula is C13H15ClN2O. The molecule has 4 heteroatoms. The molecule has 1 aliphatic rings. The van der Waals surface area contributed by atoms with Crippen LogP contribution in [0.15, 0.2) is 22.6 Å². The predicted molar refractivity (Wildman–Crippen MR) is 68.5 cm³/mol. The third-order valence-electron chi connectivity index (χ3n) is 3.48. The molecule has 0 aliphatic carbocycles. The Labute approximate surface area is 105 Å². The van der Waals surface area contributed by atoms with Crippen molar-refractivity contribution in [1.29, 1.82) is 0 Å². The van der Waals surface area contributed by atoms with Crippen LogP contribution in [0.2, 0.25) is 5.02 Å². The lowest BCUT2D eigenvalue weighted by molar-refractivity contribution is 0.279. The molecule has 1 aromatic heterocycles. The van der Waals surface area contributed by atoms with Crippen molar-refractivity contribution in [1.82, 2.24) is 10.3 Å². The summed E-state index contributed by atoms with van der Waals surface area (Å²) in [5.74, 6) is 0.799. The molecule has 0 amide bonds. The van der Waals surface area contributed by atoms with Gasteiger partial charge in [0.05, 0.1) is 10.4 Å². The molecule has 2 heterocycles. The van der Waals surface area contributed by atoms with Gasteiger partial charge in [0.1, 0.15) is 5.52 Å². The summed E-state index contributed by atoms with van der Waals surface area (Å²) in [5.41, 5.74) is 1.54. The van der Waals surface area contributed by atoms with Crippen LogP contribution < -0.4 is 5.32 Å². The molecule has 17 heavy (non-hydrogen) atoms. The maximum Gasteiger partial charge on any atom is 0.202 e. The molecule has 2 aromatic rings. The van der Waals surface area contributed by atoms with E-state index in [1.54, 1.807) is 0 Å². The Morgan fingerprint density at radius 3 is 3.06 bits per heavy atom.